The van der Waals surface area contributed by atoms with Gasteiger partial charge in [-0.3, -0.25) is 0 Å². The molecule has 0 spiro atoms. The van der Waals surface area contributed by atoms with Crippen molar-refractivity contribution in [1.82, 2.24) is 10.1 Å². The number of amides is 2. The number of nitrogens with one attached hydrogen (secondary N) is 1. The van der Waals surface area contributed by atoms with Crippen LogP contribution in [0.4, 0.5) is 10.5 Å². The Bertz CT molecular complexity index is 663. The zero-order valence-electron chi connectivity index (χ0n) is 13.7. The van der Waals surface area contributed by atoms with E-state index in [2.05, 4.69) is 17.4 Å². The van der Waals surface area contributed by atoms with E-state index in [0.717, 1.165) is 49.4 Å². The fourth-order valence-corrected chi connectivity index (χ4v) is 3.00. The summed E-state index contributed by atoms with van der Waals surface area (Å²) >= 11 is 0. The summed E-state index contributed by atoms with van der Waals surface area (Å²) in [6.07, 6.45) is 3.83. The quantitative estimate of drug-likeness (QED) is 0.915. The van der Waals surface area contributed by atoms with Gasteiger partial charge in [-0.25, -0.2) is 4.79 Å². The Labute approximate surface area is 136 Å². The number of benzene rings is 1. The predicted octanol–water partition coefficient (Wildman–Crippen LogP) is 4.30. The lowest BCUT2D eigenvalue weighted by atomic mass is 10.1. The Morgan fingerprint density at radius 3 is 2.91 bits per heavy atom. The van der Waals surface area contributed by atoms with Crippen molar-refractivity contribution in [2.45, 2.75) is 45.6 Å². The summed E-state index contributed by atoms with van der Waals surface area (Å²) in [7, 11) is 0. The fraction of sp³-hybridized carbons (Fsp3) is 0.444. The molecule has 5 heteroatoms. The highest BCUT2D eigenvalue weighted by Crippen LogP contribution is 2.32. The molecule has 0 bridgehead atoms. The SMILES string of the molecule is CCCc1cc(C2CCCN2C(=O)Nc2ccc(C)cc2)no1. The number of aryl methyl sites for hydroxylation is 2. The molecule has 122 valence electrons. The van der Waals surface area contributed by atoms with Crippen molar-refractivity contribution in [1.29, 1.82) is 0 Å². The number of hydrogen-bond acceptors (Lipinski definition) is 3. The first-order valence-electron chi connectivity index (χ1n) is 8.27. The molecule has 1 unspecified atom stereocenters. The first-order valence-corrected chi connectivity index (χ1v) is 8.27. The van der Waals surface area contributed by atoms with Gasteiger partial charge in [-0.05, 0) is 38.3 Å². The third kappa shape index (κ3) is 3.55. The molecular weight excluding hydrogens is 290 g/mol. The molecule has 23 heavy (non-hydrogen) atoms. The summed E-state index contributed by atoms with van der Waals surface area (Å²) in [6, 6.07) is 9.76. The highest BCUT2D eigenvalue weighted by Gasteiger charge is 2.32. The highest BCUT2D eigenvalue weighted by molar-refractivity contribution is 5.89. The van der Waals surface area contributed by atoms with Gasteiger partial charge < -0.3 is 14.7 Å². The maximum Gasteiger partial charge on any atom is 0.322 e. The molecule has 1 aromatic heterocycles. The van der Waals surface area contributed by atoms with Crippen LogP contribution in [0.5, 0.6) is 0 Å². The van der Waals surface area contributed by atoms with Crippen LogP contribution in [0.1, 0.15) is 49.2 Å². The standard InChI is InChI=1S/C18H23N3O2/c1-3-5-15-12-16(20-23-15)17-6-4-11-21(17)18(22)19-14-9-7-13(2)8-10-14/h7-10,12,17H,3-6,11H2,1-2H3,(H,19,22). The van der Waals surface area contributed by atoms with E-state index in [9.17, 15) is 4.79 Å². The molecule has 0 aliphatic carbocycles. The van der Waals surface area contributed by atoms with Gasteiger partial charge >= 0.3 is 6.03 Å². The number of carbonyl (C=O) groups excluding carboxylic acids is 1. The average molecular weight is 313 g/mol. The van der Waals surface area contributed by atoms with Crippen LogP contribution in [-0.4, -0.2) is 22.6 Å². The lowest BCUT2D eigenvalue weighted by Gasteiger charge is -2.23. The lowest BCUT2D eigenvalue weighted by Crippen LogP contribution is -2.34. The summed E-state index contributed by atoms with van der Waals surface area (Å²) in [5.74, 6) is 0.897. The van der Waals surface area contributed by atoms with Crippen LogP contribution in [0.3, 0.4) is 0 Å². The van der Waals surface area contributed by atoms with Crippen molar-refractivity contribution in [3.05, 3.63) is 47.3 Å². The topological polar surface area (TPSA) is 58.4 Å². The number of anilines is 1. The Morgan fingerprint density at radius 1 is 1.39 bits per heavy atom. The summed E-state index contributed by atoms with van der Waals surface area (Å²) < 4.78 is 5.37. The molecule has 0 radical (unpaired) electrons. The fourth-order valence-electron chi connectivity index (χ4n) is 3.00. The first kappa shape index (κ1) is 15.6. The molecule has 1 N–H and O–H groups in total. The van der Waals surface area contributed by atoms with Crippen LogP contribution in [0.25, 0.3) is 0 Å². The summed E-state index contributed by atoms with van der Waals surface area (Å²) in [4.78, 5) is 14.4. The van der Waals surface area contributed by atoms with Gasteiger partial charge in [0.2, 0.25) is 0 Å². The van der Waals surface area contributed by atoms with Gasteiger partial charge in [0.1, 0.15) is 11.5 Å². The molecule has 1 fully saturated rings. The molecule has 5 nitrogen and oxygen atoms in total. The third-order valence-electron chi connectivity index (χ3n) is 4.23. The summed E-state index contributed by atoms with van der Waals surface area (Å²) in [6.45, 7) is 4.89. The van der Waals surface area contributed by atoms with Gasteiger partial charge in [0.25, 0.3) is 0 Å². The molecule has 2 aromatic rings. The Kier molecular flexibility index (Phi) is 4.65. The molecule has 1 aliphatic rings. The second-order valence-corrected chi connectivity index (χ2v) is 6.12. The van der Waals surface area contributed by atoms with Crippen LogP contribution in [0.2, 0.25) is 0 Å². The van der Waals surface area contributed by atoms with Gasteiger partial charge in [-0.1, -0.05) is 29.8 Å². The van der Waals surface area contributed by atoms with Gasteiger partial charge in [0.15, 0.2) is 0 Å². The van der Waals surface area contributed by atoms with E-state index >= 15 is 0 Å². The second kappa shape index (κ2) is 6.86. The summed E-state index contributed by atoms with van der Waals surface area (Å²) in [5.41, 5.74) is 2.86. The van der Waals surface area contributed by atoms with E-state index in [-0.39, 0.29) is 12.1 Å². The van der Waals surface area contributed by atoms with E-state index in [4.69, 9.17) is 4.52 Å². The van der Waals surface area contributed by atoms with E-state index < -0.39 is 0 Å². The Hall–Kier alpha value is -2.30. The monoisotopic (exact) mass is 313 g/mol. The van der Waals surface area contributed by atoms with Gasteiger partial charge in [0, 0.05) is 24.7 Å². The molecule has 2 heterocycles. The number of aromatic nitrogens is 1. The van der Waals surface area contributed by atoms with Crippen LogP contribution < -0.4 is 5.32 Å². The maximum atomic E-state index is 12.6. The minimum absolute atomic E-state index is 0.00908. The molecule has 1 aliphatic heterocycles. The van der Waals surface area contributed by atoms with Crippen molar-refractivity contribution in [3.8, 4) is 0 Å². The number of nitrogens with zero attached hydrogens (tertiary/aromatic N) is 2. The number of likely N-dealkylation sites (tertiary alicyclic amines) is 1. The maximum absolute atomic E-state index is 12.6. The molecule has 1 aromatic carbocycles. The number of carbonyl (C=O) groups is 1. The number of urea groups is 1. The van der Waals surface area contributed by atoms with Crippen LogP contribution in [0, 0.1) is 6.92 Å². The molecule has 1 saturated heterocycles. The largest absolute Gasteiger partial charge is 0.361 e. The summed E-state index contributed by atoms with van der Waals surface area (Å²) in [5, 5.41) is 7.14. The van der Waals surface area contributed by atoms with E-state index in [0.29, 0.717) is 0 Å². The zero-order chi connectivity index (χ0) is 16.2. The van der Waals surface area contributed by atoms with Gasteiger partial charge in [-0.2, -0.15) is 0 Å². The molecule has 0 saturated carbocycles. The highest BCUT2D eigenvalue weighted by atomic mass is 16.5. The van der Waals surface area contributed by atoms with Gasteiger partial charge in [0.05, 0.1) is 6.04 Å². The van der Waals surface area contributed by atoms with Gasteiger partial charge in [-0.15, -0.1) is 0 Å². The minimum Gasteiger partial charge on any atom is -0.361 e. The molecule has 1 atom stereocenters. The van der Waals surface area contributed by atoms with Crippen molar-refractivity contribution in [2.24, 2.45) is 0 Å². The van der Waals surface area contributed by atoms with Crippen molar-refractivity contribution >= 4 is 11.7 Å². The number of hydrogen-bond donors (Lipinski definition) is 1. The van der Waals surface area contributed by atoms with E-state index in [1.165, 1.54) is 5.56 Å². The van der Waals surface area contributed by atoms with Crippen LogP contribution in [0.15, 0.2) is 34.9 Å². The van der Waals surface area contributed by atoms with E-state index in [1.54, 1.807) is 0 Å². The zero-order valence-corrected chi connectivity index (χ0v) is 13.7. The predicted molar refractivity (Wildman–Crippen MR) is 89.4 cm³/mol. The van der Waals surface area contributed by atoms with E-state index in [1.807, 2.05) is 42.2 Å². The van der Waals surface area contributed by atoms with Crippen molar-refractivity contribution in [2.75, 3.05) is 11.9 Å². The minimum atomic E-state index is -0.0728. The first-order chi connectivity index (χ1) is 11.2. The van der Waals surface area contributed by atoms with Crippen LogP contribution >= 0.6 is 0 Å². The normalized spacial score (nSPS) is 17.5. The third-order valence-corrected chi connectivity index (χ3v) is 4.23. The second-order valence-electron chi connectivity index (χ2n) is 6.12. The van der Waals surface area contributed by atoms with Crippen LogP contribution in [-0.2, 0) is 6.42 Å². The Morgan fingerprint density at radius 2 is 2.17 bits per heavy atom. The lowest BCUT2D eigenvalue weighted by molar-refractivity contribution is 0.204. The van der Waals surface area contributed by atoms with Crippen molar-refractivity contribution in [3.63, 3.8) is 0 Å². The molecule has 3 rings (SSSR count). The van der Waals surface area contributed by atoms with Crippen molar-refractivity contribution < 1.29 is 9.32 Å². The number of rotatable bonds is 4. The molecule has 2 amide bonds. The average Bonchev–Trinajstić information content (AvgIpc) is 3.18. The Balaban J connectivity index is 1.70. The smallest absolute Gasteiger partial charge is 0.322 e. The molecular formula is C18H23N3O2.